The van der Waals surface area contributed by atoms with Gasteiger partial charge in [-0.1, -0.05) is 314 Å². The number of hydrogen-bond acceptors (Lipinski definition) is 5. The molecule has 0 aliphatic heterocycles. The van der Waals surface area contributed by atoms with Gasteiger partial charge in [0.25, 0.3) is 0 Å². The maximum Gasteiger partial charge on any atom is 0.305 e. The summed E-state index contributed by atoms with van der Waals surface area (Å²) in [5.74, 6) is -0.0462. The lowest BCUT2D eigenvalue weighted by Gasteiger charge is -2.20. The van der Waals surface area contributed by atoms with Crippen molar-refractivity contribution in [3.05, 3.63) is 24.3 Å². The molecule has 0 rings (SSSR count). The number of aliphatic hydroxyl groups excluding tert-OH is 2. The molecule has 0 aromatic carbocycles. The minimum atomic E-state index is -0.840. The predicted octanol–water partition coefficient (Wildman–Crippen LogP) is 20.6. The Kier molecular flexibility index (Phi) is 60.5. The molecule has 2 atom stereocenters. The Bertz CT molecular complexity index is 1120. The number of allylic oxidation sites excluding steroid dienone is 3. The average Bonchev–Trinajstić information content (AvgIpc) is 3.38. The summed E-state index contributed by atoms with van der Waals surface area (Å²) in [4.78, 5) is 24.4. The van der Waals surface area contributed by atoms with Gasteiger partial charge in [0.05, 0.1) is 25.4 Å². The lowest BCUT2D eigenvalue weighted by molar-refractivity contribution is -0.143. The molecule has 72 heavy (non-hydrogen) atoms. The van der Waals surface area contributed by atoms with E-state index < -0.39 is 12.1 Å². The minimum Gasteiger partial charge on any atom is -0.466 e. The molecule has 3 N–H and O–H groups in total. The number of aliphatic hydroxyl groups is 2. The van der Waals surface area contributed by atoms with Gasteiger partial charge >= 0.3 is 5.97 Å². The van der Waals surface area contributed by atoms with Crippen molar-refractivity contribution in [1.29, 1.82) is 0 Å². The highest BCUT2D eigenvalue weighted by atomic mass is 16.5. The van der Waals surface area contributed by atoms with Gasteiger partial charge in [-0.15, -0.1) is 0 Å². The Morgan fingerprint density at radius 3 is 0.986 bits per heavy atom. The smallest absolute Gasteiger partial charge is 0.305 e. The lowest BCUT2D eigenvalue weighted by Crippen LogP contribution is -2.45. The fraction of sp³-hybridized carbons (Fsp3) is 0.909. The van der Waals surface area contributed by atoms with Crippen LogP contribution in [-0.4, -0.2) is 47.4 Å². The van der Waals surface area contributed by atoms with Crippen molar-refractivity contribution in [2.24, 2.45) is 0 Å². The second kappa shape index (κ2) is 61.9. The molecule has 0 aliphatic rings. The van der Waals surface area contributed by atoms with E-state index in [0.717, 1.165) is 38.5 Å². The summed E-state index contributed by atoms with van der Waals surface area (Å²) in [6, 6.07) is -0.623. The highest BCUT2D eigenvalue weighted by Gasteiger charge is 2.18. The van der Waals surface area contributed by atoms with E-state index in [1.807, 2.05) is 6.08 Å². The van der Waals surface area contributed by atoms with Crippen molar-refractivity contribution in [3.63, 3.8) is 0 Å². The van der Waals surface area contributed by atoms with Crippen molar-refractivity contribution in [2.45, 2.75) is 373 Å². The molecular weight excluding hydrogens is 887 g/mol. The van der Waals surface area contributed by atoms with Gasteiger partial charge in [0.1, 0.15) is 0 Å². The van der Waals surface area contributed by atoms with Crippen molar-refractivity contribution >= 4 is 11.9 Å². The molecule has 0 bridgehead atoms. The maximum atomic E-state index is 12.4. The number of nitrogens with one attached hydrogen (secondary N) is 1. The van der Waals surface area contributed by atoms with E-state index in [1.54, 1.807) is 6.08 Å². The number of amides is 1. The van der Waals surface area contributed by atoms with Gasteiger partial charge in [0.2, 0.25) is 5.91 Å². The summed E-state index contributed by atoms with van der Waals surface area (Å²) >= 11 is 0. The molecule has 6 nitrogen and oxygen atoms in total. The molecule has 0 aromatic rings. The molecule has 0 saturated carbocycles. The Labute approximate surface area is 450 Å². The average molecular weight is 1010 g/mol. The van der Waals surface area contributed by atoms with Crippen LogP contribution in [0.4, 0.5) is 0 Å². The quantitative estimate of drug-likeness (QED) is 0.0320. The number of hydrogen-bond donors (Lipinski definition) is 3. The number of rotatable bonds is 61. The second-order valence-corrected chi connectivity index (χ2v) is 22.5. The van der Waals surface area contributed by atoms with Crippen LogP contribution in [0.25, 0.3) is 0 Å². The Morgan fingerprint density at radius 1 is 0.375 bits per heavy atom. The third-order valence-electron chi connectivity index (χ3n) is 15.2. The summed E-state index contributed by atoms with van der Waals surface area (Å²) in [7, 11) is 0. The van der Waals surface area contributed by atoms with Crippen molar-refractivity contribution in [1.82, 2.24) is 5.32 Å². The summed E-state index contributed by atoms with van der Waals surface area (Å²) in [5, 5.41) is 23.0. The van der Waals surface area contributed by atoms with Crippen LogP contribution in [0.1, 0.15) is 361 Å². The molecule has 0 radical (unpaired) electrons. The second-order valence-electron chi connectivity index (χ2n) is 22.5. The first-order valence-electron chi connectivity index (χ1n) is 32.6. The normalized spacial score (nSPS) is 12.7. The number of unbranched alkanes of at least 4 members (excludes halogenated alkanes) is 48. The van der Waals surface area contributed by atoms with Crippen LogP contribution in [0, 0.1) is 0 Å². The van der Waals surface area contributed by atoms with Gasteiger partial charge in [-0.05, 0) is 57.8 Å². The molecule has 426 valence electrons. The summed E-state index contributed by atoms with van der Waals surface area (Å²) in [6.45, 7) is 4.90. The summed E-state index contributed by atoms with van der Waals surface area (Å²) in [5.41, 5.74) is 0. The predicted molar refractivity (Wildman–Crippen MR) is 315 cm³/mol. The van der Waals surface area contributed by atoms with Gasteiger partial charge in [-0.2, -0.15) is 0 Å². The Hall–Kier alpha value is -1.66. The van der Waals surface area contributed by atoms with Crippen molar-refractivity contribution in [2.75, 3.05) is 13.2 Å². The Morgan fingerprint density at radius 2 is 0.653 bits per heavy atom. The summed E-state index contributed by atoms with van der Waals surface area (Å²) < 4.78 is 5.48. The van der Waals surface area contributed by atoms with Gasteiger partial charge < -0.3 is 20.3 Å². The topological polar surface area (TPSA) is 95.9 Å². The van der Waals surface area contributed by atoms with Crippen molar-refractivity contribution < 1.29 is 24.5 Å². The van der Waals surface area contributed by atoms with E-state index in [9.17, 15) is 19.8 Å². The zero-order chi connectivity index (χ0) is 52.2. The van der Waals surface area contributed by atoms with Crippen LogP contribution in [0.3, 0.4) is 0 Å². The monoisotopic (exact) mass is 1010 g/mol. The highest BCUT2D eigenvalue weighted by Crippen LogP contribution is 2.18. The Balaban J connectivity index is 3.33. The fourth-order valence-electron chi connectivity index (χ4n) is 10.2. The largest absolute Gasteiger partial charge is 0.466 e. The zero-order valence-corrected chi connectivity index (χ0v) is 48.7. The highest BCUT2D eigenvalue weighted by molar-refractivity contribution is 5.76. The first kappa shape index (κ1) is 70.3. The van der Waals surface area contributed by atoms with Crippen LogP contribution in [-0.2, 0) is 14.3 Å². The number of ether oxygens (including phenoxy) is 1. The van der Waals surface area contributed by atoms with Gasteiger partial charge in [0, 0.05) is 12.8 Å². The standard InChI is InChI=1S/C66H127NO5/c1-3-5-7-9-11-13-15-40-44-48-52-56-60-66(71)72-61-57-53-49-45-41-38-36-34-32-30-28-26-24-22-20-18-16-17-19-21-23-25-27-29-31-33-35-37-39-43-47-51-55-59-65(70)67-63(62-68)64(69)58-54-50-46-42-14-12-10-8-6-4-2/h20,22,54,58,63-64,68-69H,3-19,21,23-53,55-57,59-62H2,1-2H3,(H,67,70)/b22-20-,58-54+. The van der Waals surface area contributed by atoms with E-state index in [4.69, 9.17) is 4.74 Å². The van der Waals surface area contributed by atoms with E-state index in [1.165, 1.54) is 295 Å². The zero-order valence-electron chi connectivity index (χ0n) is 48.7. The minimum absolute atomic E-state index is 0.0193. The van der Waals surface area contributed by atoms with Gasteiger partial charge in [-0.25, -0.2) is 0 Å². The van der Waals surface area contributed by atoms with Crippen LogP contribution in [0.15, 0.2) is 24.3 Å². The van der Waals surface area contributed by atoms with E-state index in [-0.39, 0.29) is 18.5 Å². The number of esters is 1. The first-order valence-corrected chi connectivity index (χ1v) is 32.6. The molecule has 0 aromatic heterocycles. The van der Waals surface area contributed by atoms with Crippen LogP contribution in [0.2, 0.25) is 0 Å². The third-order valence-corrected chi connectivity index (χ3v) is 15.2. The molecule has 0 spiro atoms. The lowest BCUT2D eigenvalue weighted by atomic mass is 10.0. The molecule has 2 unspecified atom stereocenters. The number of carbonyl (C=O) groups is 2. The summed E-state index contributed by atoms with van der Waals surface area (Å²) in [6.07, 6.45) is 76.9. The number of carbonyl (C=O) groups excluding carboxylic acids is 2. The van der Waals surface area contributed by atoms with Crippen LogP contribution >= 0.6 is 0 Å². The van der Waals surface area contributed by atoms with E-state index in [0.29, 0.717) is 19.4 Å². The molecular formula is C66H127NO5. The van der Waals surface area contributed by atoms with E-state index >= 15 is 0 Å². The molecule has 6 heteroatoms. The van der Waals surface area contributed by atoms with Gasteiger partial charge in [0.15, 0.2) is 0 Å². The molecule has 0 saturated heterocycles. The van der Waals surface area contributed by atoms with Gasteiger partial charge in [-0.3, -0.25) is 9.59 Å². The molecule has 0 heterocycles. The van der Waals surface area contributed by atoms with E-state index in [2.05, 4.69) is 31.3 Å². The maximum absolute atomic E-state index is 12.4. The SMILES string of the molecule is CCCCCCCCCC/C=C/C(O)C(CO)NC(=O)CCCCCCCCCCCCCCCCCCC/C=C\CCCCCCCCCCCCCCOC(=O)CCCCCCCCCCCCCC. The molecule has 0 aliphatic carbocycles. The molecule has 0 fully saturated rings. The van der Waals surface area contributed by atoms with Crippen LogP contribution < -0.4 is 5.32 Å². The van der Waals surface area contributed by atoms with Crippen molar-refractivity contribution in [3.8, 4) is 0 Å². The first-order chi connectivity index (χ1) is 35.5. The molecule has 1 amide bonds. The van der Waals surface area contributed by atoms with Crippen LogP contribution in [0.5, 0.6) is 0 Å². The third kappa shape index (κ3) is 57.6. The fourth-order valence-corrected chi connectivity index (χ4v) is 10.2.